The molecule has 1 N–H and O–H groups in total. The van der Waals surface area contributed by atoms with Gasteiger partial charge in [-0.15, -0.1) is 0 Å². The Hall–Kier alpha value is -1.63. The predicted molar refractivity (Wildman–Crippen MR) is 86.9 cm³/mol. The fourth-order valence-electron chi connectivity index (χ4n) is 1.97. The fraction of sp³-hybridized carbons (Fsp3) is 0.188. The van der Waals surface area contributed by atoms with Gasteiger partial charge in [0, 0.05) is 5.56 Å². The van der Waals surface area contributed by atoms with Gasteiger partial charge in [-0.1, -0.05) is 12.1 Å². The lowest BCUT2D eigenvalue weighted by atomic mass is 10.0. The van der Waals surface area contributed by atoms with Crippen molar-refractivity contribution in [2.45, 2.75) is 13.8 Å². The summed E-state index contributed by atoms with van der Waals surface area (Å²) in [4.78, 5) is 11.9. The van der Waals surface area contributed by atoms with Gasteiger partial charge in [0.25, 0.3) is 0 Å². The number of aryl methyl sites for hydroxylation is 1. The monoisotopic (exact) mass is 400 g/mol. The molecular weight excluding hydrogens is 386 g/mol. The van der Waals surface area contributed by atoms with Gasteiger partial charge in [-0.2, -0.15) is 0 Å². The molecule has 2 rings (SSSR count). The van der Waals surface area contributed by atoms with Crippen molar-refractivity contribution in [3.8, 4) is 16.9 Å². The molecule has 0 aliphatic heterocycles. The van der Waals surface area contributed by atoms with Crippen molar-refractivity contribution in [3.63, 3.8) is 0 Å². The SMILES string of the molecule is CCOC(=O)c1cc(-c2ccc(C)cc2F)cc(I)c1O. The first-order valence-corrected chi connectivity index (χ1v) is 7.48. The van der Waals surface area contributed by atoms with E-state index in [9.17, 15) is 14.3 Å². The van der Waals surface area contributed by atoms with Gasteiger partial charge >= 0.3 is 5.97 Å². The van der Waals surface area contributed by atoms with Crippen molar-refractivity contribution in [2.24, 2.45) is 0 Å². The van der Waals surface area contributed by atoms with Crippen LogP contribution in [0.25, 0.3) is 11.1 Å². The third-order valence-corrected chi connectivity index (χ3v) is 3.82. The molecule has 0 heterocycles. The van der Waals surface area contributed by atoms with Crippen molar-refractivity contribution in [2.75, 3.05) is 6.61 Å². The average Bonchev–Trinajstić information content (AvgIpc) is 2.42. The van der Waals surface area contributed by atoms with E-state index in [-0.39, 0.29) is 23.7 Å². The molecule has 110 valence electrons. The van der Waals surface area contributed by atoms with Gasteiger partial charge in [0.05, 0.1) is 10.2 Å². The van der Waals surface area contributed by atoms with Crippen molar-refractivity contribution in [1.29, 1.82) is 0 Å². The quantitative estimate of drug-likeness (QED) is 0.618. The van der Waals surface area contributed by atoms with Crippen LogP contribution in [-0.4, -0.2) is 17.7 Å². The molecular formula is C16H14FIO3. The maximum atomic E-state index is 14.1. The Morgan fingerprint density at radius 2 is 2.05 bits per heavy atom. The number of halogens is 2. The van der Waals surface area contributed by atoms with Crippen LogP contribution in [-0.2, 0) is 4.74 Å². The van der Waals surface area contributed by atoms with Crippen molar-refractivity contribution >= 4 is 28.6 Å². The molecule has 0 saturated heterocycles. The minimum Gasteiger partial charge on any atom is -0.506 e. The molecule has 2 aromatic rings. The van der Waals surface area contributed by atoms with Gasteiger partial charge in [-0.25, -0.2) is 9.18 Å². The molecule has 0 aliphatic rings. The Bertz CT molecular complexity index is 698. The second-order valence-electron chi connectivity index (χ2n) is 4.56. The number of hydrogen-bond donors (Lipinski definition) is 1. The number of carbonyl (C=O) groups excluding carboxylic acids is 1. The van der Waals surface area contributed by atoms with Gasteiger partial charge in [0.15, 0.2) is 0 Å². The Balaban J connectivity index is 2.57. The summed E-state index contributed by atoms with van der Waals surface area (Å²) in [5.41, 5.74) is 1.76. The van der Waals surface area contributed by atoms with Gasteiger partial charge in [-0.3, -0.25) is 0 Å². The number of ether oxygens (including phenoxy) is 1. The first-order chi connectivity index (χ1) is 9.93. The Morgan fingerprint density at radius 1 is 1.33 bits per heavy atom. The summed E-state index contributed by atoms with van der Waals surface area (Å²) in [6.45, 7) is 3.69. The van der Waals surface area contributed by atoms with E-state index in [1.807, 2.05) is 22.6 Å². The van der Waals surface area contributed by atoms with E-state index < -0.39 is 5.97 Å². The standard InChI is InChI=1S/C16H14FIO3/c1-3-21-16(20)12-7-10(8-14(18)15(12)19)11-5-4-9(2)6-13(11)17/h4-8,19H,3H2,1-2H3. The first kappa shape index (κ1) is 15.8. The number of benzene rings is 2. The van der Waals surface area contributed by atoms with Gasteiger partial charge < -0.3 is 9.84 Å². The summed E-state index contributed by atoms with van der Waals surface area (Å²) >= 11 is 1.90. The minimum atomic E-state index is -0.623. The van der Waals surface area contributed by atoms with E-state index >= 15 is 0 Å². The molecule has 0 saturated carbocycles. The van der Waals surface area contributed by atoms with E-state index in [0.717, 1.165) is 5.56 Å². The van der Waals surface area contributed by atoms with Crippen LogP contribution in [0.15, 0.2) is 30.3 Å². The van der Waals surface area contributed by atoms with Crippen LogP contribution < -0.4 is 0 Å². The summed E-state index contributed by atoms with van der Waals surface area (Å²) in [6.07, 6.45) is 0. The zero-order valence-electron chi connectivity index (χ0n) is 11.6. The summed E-state index contributed by atoms with van der Waals surface area (Å²) in [5, 5.41) is 9.98. The third kappa shape index (κ3) is 3.34. The van der Waals surface area contributed by atoms with Gasteiger partial charge in [0.1, 0.15) is 17.1 Å². The summed E-state index contributed by atoms with van der Waals surface area (Å²) in [7, 11) is 0. The van der Waals surface area contributed by atoms with Crippen LogP contribution in [0.4, 0.5) is 4.39 Å². The third-order valence-electron chi connectivity index (χ3n) is 2.99. The minimum absolute atomic E-state index is 0.0405. The molecule has 0 unspecified atom stereocenters. The number of carbonyl (C=O) groups is 1. The van der Waals surface area contributed by atoms with E-state index in [1.54, 1.807) is 32.0 Å². The largest absolute Gasteiger partial charge is 0.506 e. The lowest BCUT2D eigenvalue weighted by Crippen LogP contribution is -2.06. The molecule has 5 heteroatoms. The lowest BCUT2D eigenvalue weighted by molar-refractivity contribution is 0.0523. The molecule has 0 spiro atoms. The maximum absolute atomic E-state index is 14.1. The maximum Gasteiger partial charge on any atom is 0.341 e. The lowest BCUT2D eigenvalue weighted by Gasteiger charge is -2.10. The van der Waals surface area contributed by atoms with Crippen molar-refractivity contribution in [3.05, 3.63) is 50.8 Å². The van der Waals surface area contributed by atoms with Crippen LogP contribution in [0.2, 0.25) is 0 Å². The summed E-state index contributed by atoms with van der Waals surface area (Å²) in [6, 6.07) is 7.96. The Labute approximate surface area is 135 Å². The second kappa shape index (κ2) is 6.43. The van der Waals surface area contributed by atoms with Crippen LogP contribution in [0.3, 0.4) is 0 Å². The number of phenolic OH excluding ortho intramolecular Hbond substituents is 1. The molecule has 0 aliphatic carbocycles. The molecule has 3 nitrogen and oxygen atoms in total. The number of rotatable bonds is 3. The molecule has 0 atom stereocenters. The first-order valence-electron chi connectivity index (χ1n) is 6.40. The molecule has 0 radical (unpaired) electrons. The normalized spacial score (nSPS) is 10.5. The Kier molecular flexibility index (Phi) is 4.82. The highest BCUT2D eigenvalue weighted by Crippen LogP contribution is 2.33. The van der Waals surface area contributed by atoms with Crippen LogP contribution in [0, 0.1) is 16.3 Å². The number of esters is 1. The van der Waals surface area contributed by atoms with Gasteiger partial charge in [-0.05, 0) is 65.8 Å². The number of hydrogen-bond acceptors (Lipinski definition) is 3. The van der Waals surface area contributed by atoms with E-state index in [1.165, 1.54) is 12.1 Å². The van der Waals surface area contributed by atoms with Crippen molar-refractivity contribution < 1.29 is 19.0 Å². The van der Waals surface area contributed by atoms with E-state index in [4.69, 9.17) is 4.74 Å². The van der Waals surface area contributed by atoms with Crippen molar-refractivity contribution in [1.82, 2.24) is 0 Å². The highest BCUT2D eigenvalue weighted by atomic mass is 127. The van der Waals surface area contributed by atoms with Gasteiger partial charge in [0.2, 0.25) is 0 Å². The highest BCUT2D eigenvalue weighted by molar-refractivity contribution is 14.1. The Morgan fingerprint density at radius 3 is 2.67 bits per heavy atom. The molecule has 21 heavy (non-hydrogen) atoms. The topological polar surface area (TPSA) is 46.5 Å². The number of aromatic hydroxyl groups is 1. The van der Waals surface area contributed by atoms with Crippen LogP contribution in [0.5, 0.6) is 5.75 Å². The summed E-state index contributed by atoms with van der Waals surface area (Å²) < 4.78 is 19.4. The zero-order valence-corrected chi connectivity index (χ0v) is 13.8. The van der Waals surface area contributed by atoms with Crippen LogP contribution in [0.1, 0.15) is 22.8 Å². The summed E-state index contributed by atoms with van der Waals surface area (Å²) in [5.74, 6) is -1.14. The molecule has 0 aromatic heterocycles. The second-order valence-corrected chi connectivity index (χ2v) is 5.72. The van der Waals surface area contributed by atoms with E-state index in [0.29, 0.717) is 14.7 Å². The molecule has 0 amide bonds. The highest BCUT2D eigenvalue weighted by Gasteiger charge is 2.18. The zero-order chi connectivity index (χ0) is 15.6. The smallest absolute Gasteiger partial charge is 0.341 e. The molecule has 2 aromatic carbocycles. The number of phenols is 1. The molecule has 0 bridgehead atoms. The fourth-order valence-corrected chi connectivity index (χ4v) is 2.60. The van der Waals surface area contributed by atoms with E-state index in [2.05, 4.69) is 0 Å². The predicted octanol–water partition coefficient (Wildman–Crippen LogP) is 4.29. The average molecular weight is 400 g/mol. The molecule has 0 fully saturated rings. The van der Waals surface area contributed by atoms with Crippen LogP contribution >= 0.6 is 22.6 Å².